The Morgan fingerprint density at radius 3 is 2.40 bits per heavy atom. The first kappa shape index (κ1) is 32.0. The van der Waals surface area contributed by atoms with Gasteiger partial charge in [0.2, 0.25) is 11.8 Å². The van der Waals surface area contributed by atoms with Crippen molar-refractivity contribution in [2.75, 3.05) is 33.3 Å². The van der Waals surface area contributed by atoms with Crippen LogP contribution in [0.4, 0.5) is 4.79 Å². The number of amides is 3. The minimum Gasteiger partial charge on any atom is -0.466 e. The topological polar surface area (TPSA) is 117 Å². The van der Waals surface area contributed by atoms with Crippen molar-refractivity contribution in [2.45, 2.75) is 76.6 Å². The summed E-state index contributed by atoms with van der Waals surface area (Å²) in [6, 6.07) is 14.8. The number of likely N-dealkylation sites (tertiary alicyclic amines) is 1. The third-order valence-electron chi connectivity index (χ3n) is 8.10. The lowest BCUT2D eigenvalue weighted by Gasteiger charge is -2.41. The molecular weight excluding hydrogens is 548 g/mol. The first-order chi connectivity index (χ1) is 20.4. The van der Waals surface area contributed by atoms with Crippen molar-refractivity contribution in [1.82, 2.24) is 20.4 Å². The number of ether oxygens (including phenoxy) is 2. The molecule has 4 rings (SSSR count). The summed E-state index contributed by atoms with van der Waals surface area (Å²) in [5.41, 5.74) is -0.452. The number of nitrogens with one attached hydrogen (secondary N) is 2. The molecule has 1 atom stereocenters. The Balaban J connectivity index is 1.39. The van der Waals surface area contributed by atoms with Gasteiger partial charge in [-0.1, -0.05) is 48.5 Å². The van der Waals surface area contributed by atoms with Gasteiger partial charge in [-0.25, -0.2) is 9.59 Å². The van der Waals surface area contributed by atoms with E-state index in [2.05, 4.69) is 63.6 Å². The van der Waals surface area contributed by atoms with Crippen molar-refractivity contribution in [1.29, 1.82) is 0 Å². The molecule has 2 fully saturated rings. The SMILES string of the molecule is COC(=O)/C=C/CNC(=O)C1(NC(=O)CN(C(=O)OC(C)(C)C)C2CCN(C(C)c3cccc4ccccc34)CC2)CC1. The van der Waals surface area contributed by atoms with Gasteiger partial charge >= 0.3 is 12.1 Å². The highest BCUT2D eigenvalue weighted by Crippen LogP contribution is 2.36. The van der Waals surface area contributed by atoms with Crippen LogP contribution in [0.2, 0.25) is 0 Å². The highest BCUT2D eigenvalue weighted by Gasteiger charge is 2.51. The summed E-state index contributed by atoms with van der Waals surface area (Å²) in [6.45, 7) is 9.08. The van der Waals surface area contributed by atoms with E-state index in [1.807, 2.05) is 6.07 Å². The zero-order valence-corrected chi connectivity index (χ0v) is 25.9. The van der Waals surface area contributed by atoms with Crippen molar-refractivity contribution in [2.24, 2.45) is 0 Å². The highest BCUT2D eigenvalue weighted by atomic mass is 16.6. The van der Waals surface area contributed by atoms with E-state index in [1.54, 1.807) is 20.8 Å². The standard InChI is InChI=1S/C33H44N4O6/c1-23(26-13-8-11-24-10-6-7-12-27(24)26)36-20-15-25(16-21-36)37(31(41)43-32(2,3)4)22-28(38)35-33(17-18-33)30(40)34-19-9-14-29(39)42-5/h6-14,23,25H,15-22H2,1-5H3,(H,34,40)(H,35,38)/b14-9+. The molecule has 1 unspecified atom stereocenters. The van der Waals surface area contributed by atoms with Crippen molar-refractivity contribution in [3.05, 3.63) is 60.2 Å². The Morgan fingerprint density at radius 1 is 1.07 bits per heavy atom. The quantitative estimate of drug-likeness (QED) is 0.315. The predicted molar refractivity (Wildman–Crippen MR) is 164 cm³/mol. The summed E-state index contributed by atoms with van der Waals surface area (Å²) < 4.78 is 10.2. The van der Waals surface area contributed by atoms with Crippen LogP contribution in [0, 0.1) is 0 Å². The molecule has 10 heteroatoms. The molecule has 3 amide bonds. The molecule has 0 bridgehead atoms. The summed E-state index contributed by atoms with van der Waals surface area (Å²) in [4.78, 5) is 54.5. The smallest absolute Gasteiger partial charge is 0.411 e. The first-order valence-electron chi connectivity index (χ1n) is 15.0. The van der Waals surface area contributed by atoms with Gasteiger partial charge in [-0.15, -0.1) is 0 Å². The molecular formula is C33H44N4O6. The van der Waals surface area contributed by atoms with Gasteiger partial charge in [0.15, 0.2) is 0 Å². The van der Waals surface area contributed by atoms with E-state index in [-0.39, 0.29) is 31.1 Å². The second-order valence-corrected chi connectivity index (χ2v) is 12.4. The van der Waals surface area contributed by atoms with Crippen molar-refractivity contribution in [3.63, 3.8) is 0 Å². The summed E-state index contributed by atoms with van der Waals surface area (Å²) in [7, 11) is 1.27. The predicted octanol–water partition coefficient (Wildman–Crippen LogP) is 4.10. The lowest BCUT2D eigenvalue weighted by Crippen LogP contribution is -2.55. The van der Waals surface area contributed by atoms with Gasteiger partial charge in [0.1, 0.15) is 17.7 Å². The number of nitrogens with zero attached hydrogens (tertiary/aromatic N) is 2. The number of piperidine rings is 1. The van der Waals surface area contributed by atoms with E-state index in [0.29, 0.717) is 25.7 Å². The third-order valence-corrected chi connectivity index (χ3v) is 8.10. The number of fused-ring (bicyclic) bond motifs is 1. The van der Waals surface area contributed by atoms with Gasteiger partial charge in [0, 0.05) is 37.8 Å². The average Bonchev–Trinajstić information content (AvgIpc) is 3.76. The second kappa shape index (κ2) is 13.6. The van der Waals surface area contributed by atoms with Crippen LogP contribution >= 0.6 is 0 Å². The minimum atomic E-state index is -1.01. The lowest BCUT2D eigenvalue weighted by molar-refractivity contribution is -0.134. The molecule has 232 valence electrons. The van der Waals surface area contributed by atoms with Gasteiger partial charge in [0.25, 0.3) is 0 Å². The number of benzene rings is 2. The highest BCUT2D eigenvalue weighted by molar-refractivity contribution is 5.95. The molecule has 1 aliphatic heterocycles. The largest absolute Gasteiger partial charge is 0.466 e. The molecule has 1 aliphatic carbocycles. The van der Waals surface area contributed by atoms with E-state index >= 15 is 0 Å². The van der Waals surface area contributed by atoms with Crippen LogP contribution in [0.1, 0.15) is 65.0 Å². The zero-order chi connectivity index (χ0) is 31.2. The fourth-order valence-electron chi connectivity index (χ4n) is 5.60. The molecule has 2 N–H and O–H groups in total. The number of carbonyl (C=O) groups is 4. The average molecular weight is 593 g/mol. The fourth-order valence-corrected chi connectivity index (χ4v) is 5.60. The van der Waals surface area contributed by atoms with Crippen LogP contribution in [-0.2, 0) is 23.9 Å². The molecule has 1 saturated carbocycles. The molecule has 10 nitrogen and oxygen atoms in total. The van der Waals surface area contributed by atoms with Crippen LogP contribution in [0.25, 0.3) is 10.8 Å². The maximum Gasteiger partial charge on any atom is 0.411 e. The van der Waals surface area contributed by atoms with Gasteiger partial charge < -0.3 is 20.1 Å². The second-order valence-electron chi connectivity index (χ2n) is 12.4. The molecule has 1 saturated heterocycles. The fraction of sp³-hybridized carbons (Fsp3) is 0.515. The van der Waals surface area contributed by atoms with E-state index in [1.165, 1.54) is 40.5 Å². The Morgan fingerprint density at radius 2 is 1.74 bits per heavy atom. The normalized spacial score (nSPS) is 17.7. The van der Waals surface area contributed by atoms with Crippen LogP contribution in [0.15, 0.2) is 54.6 Å². The number of hydrogen-bond donors (Lipinski definition) is 2. The van der Waals surface area contributed by atoms with Gasteiger partial charge in [0.05, 0.1) is 7.11 Å². The Hall–Kier alpha value is -3.92. The van der Waals surface area contributed by atoms with Crippen molar-refractivity contribution in [3.8, 4) is 0 Å². The van der Waals surface area contributed by atoms with E-state index < -0.39 is 29.1 Å². The van der Waals surface area contributed by atoms with E-state index in [0.717, 1.165) is 13.1 Å². The molecule has 2 aliphatic rings. The third kappa shape index (κ3) is 8.34. The number of esters is 1. The summed E-state index contributed by atoms with van der Waals surface area (Å²) >= 11 is 0. The van der Waals surface area contributed by atoms with Gasteiger partial charge in [-0.2, -0.15) is 0 Å². The number of carbonyl (C=O) groups excluding carboxylic acids is 4. The van der Waals surface area contributed by atoms with Crippen LogP contribution < -0.4 is 10.6 Å². The number of hydrogen-bond acceptors (Lipinski definition) is 7. The Bertz CT molecular complexity index is 1350. The molecule has 0 spiro atoms. The monoisotopic (exact) mass is 592 g/mol. The molecule has 43 heavy (non-hydrogen) atoms. The maximum atomic E-state index is 13.3. The van der Waals surface area contributed by atoms with Crippen molar-refractivity contribution >= 4 is 34.6 Å². The van der Waals surface area contributed by atoms with Crippen LogP contribution in [0.5, 0.6) is 0 Å². The van der Waals surface area contributed by atoms with E-state index in [4.69, 9.17) is 4.74 Å². The summed E-state index contributed by atoms with van der Waals surface area (Å²) in [6.07, 6.45) is 4.57. The summed E-state index contributed by atoms with van der Waals surface area (Å²) in [5.74, 6) is -1.25. The van der Waals surface area contributed by atoms with Crippen LogP contribution in [-0.4, -0.2) is 84.1 Å². The Kier molecular flexibility index (Phi) is 10.1. The van der Waals surface area contributed by atoms with Crippen LogP contribution in [0.3, 0.4) is 0 Å². The number of rotatable bonds is 10. The molecule has 0 aromatic heterocycles. The first-order valence-corrected chi connectivity index (χ1v) is 15.0. The molecule has 0 radical (unpaired) electrons. The Labute approximate surface area is 253 Å². The van der Waals surface area contributed by atoms with Crippen molar-refractivity contribution < 1.29 is 28.7 Å². The van der Waals surface area contributed by atoms with Gasteiger partial charge in [-0.3, -0.25) is 19.4 Å². The minimum absolute atomic E-state index is 0.130. The lowest BCUT2D eigenvalue weighted by atomic mass is 9.95. The maximum absolute atomic E-state index is 13.3. The number of methoxy groups -OCH3 is 1. The molecule has 2 aromatic carbocycles. The van der Waals surface area contributed by atoms with Gasteiger partial charge in [-0.05, 0) is 69.7 Å². The molecule has 2 aromatic rings. The zero-order valence-electron chi connectivity index (χ0n) is 25.9. The molecule has 1 heterocycles. The van der Waals surface area contributed by atoms with E-state index in [9.17, 15) is 19.2 Å². The summed E-state index contributed by atoms with van der Waals surface area (Å²) in [5, 5.41) is 8.03.